The Labute approximate surface area is 162 Å². The Morgan fingerprint density at radius 2 is 2.07 bits per heavy atom. The lowest BCUT2D eigenvalue weighted by Gasteiger charge is -2.65. The number of carbonyl (C=O) groups excluding carboxylic acids is 1. The van der Waals surface area contributed by atoms with Crippen LogP contribution in [0.25, 0.3) is 0 Å². The summed E-state index contributed by atoms with van der Waals surface area (Å²) >= 11 is 0. The van der Waals surface area contributed by atoms with E-state index in [4.69, 9.17) is 4.74 Å². The van der Waals surface area contributed by atoms with Crippen LogP contribution in [0.15, 0.2) is 6.07 Å². The Kier molecular flexibility index (Phi) is 2.94. The summed E-state index contributed by atoms with van der Waals surface area (Å²) in [6.07, 6.45) is 1.35. The van der Waals surface area contributed by atoms with Crippen LogP contribution in [0.1, 0.15) is 36.8 Å². The predicted octanol–water partition coefficient (Wildman–Crippen LogP) is 0.346. The maximum Gasteiger partial charge on any atom is 0.200 e. The summed E-state index contributed by atoms with van der Waals surface area (Å²) in [6, 6.07) is 1.32. The first-order valence-corrected chi connectivity index (χ1v) is 10.2. The third-order valence-corrected chi connectivity index (χ3v) is 8.35. The minimum Gasteiger partial charge on any atom is -0.504 e. The van der Waals surface area contributed by atoms with Gasteiger partial charge in [-0.1, -0.05) is 0 Å². The summed E-state index contributed by atoms with van der Waals surface area (Å²) in [7, 11) is 2.10. The minimum atomic E-state index is -1.30. The zero-order valence-electron chi connectivity index (χ0n) is 15.9. The number of phenolic OH excluding ortho intramolecular Hbond substituents is 2. The van der Waals surface area contributed by atoms with Crippen LogP contribution in [-0.4, -0.2) is 74.7 Å². The fourth-order valence-corrected chi connectivity index (χ4v) is 7.12. The molecule has 0 aromatic heterocycles. The molecule has 3 fully saturated rings. The molecule has 6 atom stereocenters. The number of quaternary nitrogens is 1. The lowest BCUT2D eigenvalue weighted by Crippen LogP contribution is -2.85. The van der Waals surface area contributed by atoms with Crippen molar-refractivity contribution in [2.45, 2.75) is 61.4 Å². The van der Waals surface area contributed by atoms with E-state index in [-0.39, 0.29) is 36.2 Å². The molecule has 2 aliphatic heterocycles. The largest absolute Gasteiger partial charge is 0.504 e. The second-order valence-electron chi connectivity index (χ2n) is 9.89. The molecular weight excluding hydrogens is 362 g/mol. The first-order chi connectivity index (χ1) is 13.2. The maximum atomic E-state index is 12.9. The topological polar surface area (TPSA) is 107 Å². The number of Topliss-reactive ketones (excluding diaryl/α,β-unsaturated/α-hetero) is 1. The molecule has 150 valence electrons. The van der Waals surface area contributed by atoms with Crippen LogP contribution in [-0.2, 0) is 16.6 Å². The van der Waals surface area contributed by atoms with E-state index in [1.165, 1.54) is 18.9 Å². The number of phenols is 2. The molecule has 0 amide bonds. The van der Waals surface area contributed by atoms with Gasteiger partial charge in [-0.15, -0.1) is 0 Å². The van der Waals surface area contributed by atoms with E-state index < -0.39 is 29.0 Å². The molecule has 7 heteroatoms. The zero-order valence-corrected chi connectivity index (χ0v) is 15.9. The standard InChI is InChI=1S/C21H25NO6/c1-22(8-10-2-3-10)9-15(25)21-16-11-6-13(24)17(26)18(16)28-19(21)12(23)4-5-20(21,27)14(22)7-11/h6,10,14-15,19,25,27H,2-5,7-9H2,1H3,(H-,24,26)/p+1/t14-,15+,19-,20+,21-,22-/m0/s1. The Hall–Kier alpha value is -1.83. The molecule has 1 aromatic carbocycles. The summed E-state index contributed by atoms with van der Waals surface area (Å²) in [5, 5.41) is 44.4. The van der Waals surface area contributed by atoms with E-state index in [2.05, 4.69) is 7.05 Å². The fourth-order valence-electron chi connectivity index (χ4n) is 7.12. The smallest absolute Gasteiger partial charge is 0.200 e. The van der Waals surface area contributed by atoms with Crippen LogP contribution in [0.4, 0.5) is 0 Å². The molecule has 0 unspecified atom stereocenters. The molecule has 4 N–H and O–H groups in total. The molecular formula is C21H26NO6+. The number of ether oxygens (including phenoxy) is 1. The average Bonchev–Trinajstić information content (AvgIpc) is 3.34. The number of hydrogen-bond acceptors (Lipinski definition) is 6. The van der Waals surface area contributed by atoms with Crippen molar-refractivity contribution in [2.75, 3.05) is 20.1 Å². The third-order valence-electron chi connectivity index (χ3n) is 8.35. The highest BCUT2D eigenvalue weighted by atomic mass is 16.5. The average molecular weight is 388 g/mol. The predicted molar refractivity (Wildman–Crippen MR) is 97.2 cm³/mol. The van der Waals surface area contributed by atoms with Crippen molar-refractivity contribution >= 4 is 5.78 Å². The number of likely N-dealkylation sites (tertiary alicyclic amines) is 1. The van der Waals surface area contributed by atoms with Gasteiger partial charge in [0.1, 0.15) is 29.7 Å². The number of ketones is 1. The molecule has 6 rings (SSSR count). The molecule has 1 aromatic rings. The number of rotatable bonds is 2. The van der Waals surface area contributed by atoms with Gasteiger partial charge >= 0.3 is 0 Å². The minimum absolute atomic E-state index is 0.0597. The molecule has 28 heavy (non-hydrogen) atoms. The molecule has 5 aliphatic rings. The highest BCUT2D eigenvalue weighted by molar-refractivity contribution is 5.90. The van der Waals surface area contributed by atoms with Gasteiger partial charge in [0.15, 0.2) is 23.4 Å². The number of aromatic hydroxyl groups is 2. The molecule has 1 saturated heterocycles. The van der Waals surface area contributed by atoms with E-state index >= 15 is 0 Å². The maximum absolute atomic E-state index is 12.9. The van der Waals surface area contributed by atoms with E-state index in [0.717, 1.165) is 12.1 Å². The molecule has 7 nitrogen and oxygen atoms in total. The van der Waals surface area contributed by atoms with Crippen molar-refractivity contribution in [2.24, 2.45) is 5.92 Å². The van der Waals surface area contributed by atoms with Gasteiger partial charge in [0.25, 0.3) is 0 Å². The first kappa shape index (κ1) is 17.1. The number of likely N-dealkylation sites (N-methyl/N-ethyl adjacent to an activating group) is 1. The van der Waals surface area contributed by atoms with E-state index in [1.807, 2.05) is 0 Å². The van der Waals surface area contributed by atoms with Gasteiger partial charge in [-0.25, -0.2) is 0 Å². The van der Waals surface area contributed by atoms with Crippen LogP contribution in [0.2, 0.25) is 0 Å². The molecule has 1 spiro atoms. The lowest BCUT2D eigenvalue weighted by molar-refractivity contribution is -0.954. The first-order valence-electron chi connectivity index (χ1n) is 10.2. The fraction of sp³-hybridized carbons (Fsp3) is 0.667. The quantitative estimate of drug-likeness (QED) is 0.430. The van der Waals surface area contributed by atoms with Gasteiger partial charge in [0.2, 0.25) is 5.75 Å². The van der Waals surface area contributed by atoms with Gasteiger partial charge in [-0.2, -0.15) is 0 Å². The van der Waals surface area contributed by atoms with Gasteiger partial charge < -0.3 is 29.6 Å². The van der Waals surface area contributed by atoms with E-state index in [0.29, 0.717) is 28.9 Å². The number of nitrogens with zero attached hydrogens (tertiary/aromatic N) is 1. The van der Waals surface area contributed by atoms with Crippen LogP contribution in [0.5, 0.6) is 17.2 Å². The lowest BCUT2D eigenvalue weighted by atomic mass is 9.47. The van der Waals surface area contributed by atoms with Gasteiger partial charge in [-0.05, 0) is 30.9 Å². The molecule has 2 bridgehead atoms. The van der Waals surface area contributed by atoms with Crippen molar-refractivity contribution in [1.82, 2.24) is 0 Å². The van der Waals surface area contributed by atoms with Crippen molar-refractivity contribution in [3.8, 4) is 17.2 Å². The van der Waals surface area contributed by atoms with E-state index in [9.17, 15) is 25.2 Å². The molecule has 2 heterocycles. The number of benzene rings is 1. The summed E-state index contributed by atoms with van der Waals surface area (Å²) < 4.78 is 6.47. The second kappa shape index (κ2) is 4.83. The molecule has 3 aliphatic carbocycles. The van der Waals surface area contributed by atoms with Crippen molar-refractivity contribution in [1.29, 1.82) is 0 Å². The summed E-state index contributed by atoms with van der Waals surface area (Å²) in [5.74, 6) is -0.191. The monoisotopic (exact) mass is 388 g/mol. The van der Waals surface area contributed by atoms with Crippen molar-refractivity contribution in [3.63, 3.8) is 0 Å². The normalized spacial score (nSPS) is 45.5. The molecule has 2 saturated carbocycles. The summed E-state index contributed by atoms with van der Waals surface area (Å²) in [4.78, 5) is 12.9. The highest BCUT2D eigenvalue weighted by Crippen LogP contribution is 2.66. The number of aliphatic hydroxyl groups excluding tert-OH is 1. The number of aliphatic hydroxyl groups is 2. The van der Waals surface area contributed by atoms with Crippen molar-refractivity contribution < 1.29 is 34.4 Å². The SMILES string of the molecule is C[N@+]1(CC2CC2)C[C@@H](O)[C@]23c4c5cc(O)c(O)c4O[C@H]2C(=O)CC[C@@]3(O)[C@@H]1C5. The Bertz CT molecular complexity index is 928. The Morgan fingerprint density at radius 3 is 2.79 bits per heavy atom. The van der Waals surface area contributed by atoms with Crippen LogP contribution in [0, 0.1) is 5.92 Å². The summed E-state index contributed by atoms with van der Waals surface area (Å²) in [6.45, 7) is 1.34. The second-order valence-corrected chi connectivity index (χ2v) is 9.89. The van der Waals surface area contributed by atoms with Crippen LogP contribution in [0.3, 0.4) is 0 Å². The van der Waals surface area contributed by atoms with Crippen LogP contribution >= 0.6 is 0 Å². The van der Waals surface area contributed by atoms with Gasteiger partial charge in [0.05, 0.1) is 13.6 Å². The number of hydrogen-bond donors (Lipinski definition) is 4. The van der Waals surface area contributed by atoms with Crippen LogP contribution < -0.4 is 4.74 Å². The highest BCUT2D eigenvalue weighted by Gasteiger charge is 2.80. The third kappa shape index (κ3) is 1.67. The summed E-state index contributed by atoms with van der Waals surface area (Å²) in [5.41, 5.74) is -1.28. The number of carbonyl (C=O) groups is 1. The van der Waals surface area contributed by atoms with Gasteiger partial charge in [0, 0.05) is 24.3 Å². The number of piperidine rings is 1. The van der Waals surface area contributed by atoms with Crippen molar-refractivity contribution in [3.05, 3.63) is 17.2 Å². The zero-order chi connectivity index (χ0) is 19.6. The van der Waals surface area contributed by atoms with Gasteiger partial charge in [-0.3, -0.25) is 4.79 Å². The Morgan fingerprint density at radius 1 is 1.32 bits per heavy atom. The molecule has 0 radical (unpaired) electrons. The van der Waals surface area contributed by atoms with E-state index in [1.54, 1.807) is 0 Å². The Balaban J connectivity index is 1.65.